The molecule has 122 valence electrons. The summed E-state index contributed by atoms with van der Waals surface area (Å²) in [7, 11) is 0. The number of aryl methyl sites for hydroxylation is 1. The summed E-state index contributed by atoms with van der Waals surface area (Å²) in [6.07, 6.45) is 2.14. The van der Waals surface area contributed by atoms with Gasteiger partial charge in [-0.25, -0.2) is 0 Å². The quantitative estimate of drug-likeness (QED) is 0.802. The summed E-state index contributed by atoms with van der Waals surface area (Å²) in [4.78, 5) is 26.3. The van der Waals surface area contributed by atoms with E-state index in [2.05, 4.69) is 5.32 Å². The highest BCUT2D eigenvalue weighted by molar-refractivity contribution is 5.87. The van der Waals surface area contributed by atoms with Crippen LogP contribution in [0.4, 0.5) is 0 Å². The largest absolute Gasteiger partial charge is 0.354 e. The SMILES string of the molecule is CCCNC(=O)C(C)N(Cc1ccccc1C)C(=O)CCC. The summed E-state index contributed by atoms with van der Waals surface area (Å²) < 4.78 is 0. The molecule has 1 N–H and O–H groups in total. The van der Waals surface area contributed by atoms with Crippen LogP contribution in [-0.2, 0) is 16.1 Å². The van der Waals surface area contributed by atoms with Crippen LogP contribution in [0.1, 0.15) is 51.2 Å². The molecule has 0 heterocycles. The molecule has 0 saturated heterocycles. The highest BCUT2D eigenvalue weighted by atomic mass is 16.2. The third-order valence-corrected chi connectivity index (χ3v) is 3.78. The molecular weight excluding hydrogens is 276 g/mol. The van der Waals surface area contributed by atoms with E-state index in [9.17, 15) is 9.59 Å². The number of carbonyl (C=O) groups excluding carboxylic acids is 2. The van der Waals surface area contributed by atoms with Gasteiger partial charge in [0.15, 0.2) is 0 Å². The molecule has 0 aliphatic carbocycles. The minimum absolute atomic E-state index is 0.0323. The molecular formula is C18H28N2O2. The van der Waals surface area contributed by atoms with Crippen molar-refractivity contribution in [1.29, 1.82) is 0 Å². The molecule has 0 saturated carbocycles. The Morgan fingerprint density at radius 1 is 1.18 bits per heavy atom. The molecule has 0 aliphatic heterocycles. The number of hydrogen-bond donors (Lipinski definition) is 1. The van der Waals surface area contributed by atoms with Gasteiger partial charge in [-0.3, -0.25) is 9.59 Å². The predicted octanol–water partition coefficient (Wildman–Crippen LogP) is 3.04. The van der Waals surface area contributed by atoms with Gasteiger partial charge in [0, 0.05) is 19.5 Å². The highest BCUT2D eigenvalue weighted by Crippen LogP contribution is 2.14. The maximum atomic E-state index is 12.4. The molecule has 0 spiro atoms. The first kappa shape index (κ1) is 18.2. The van der Waals surface area contributed by atoms with E-state index in [1.807, 2.05) is 45.0 Å². The molecule has 0 radical (unpaired) electrons. The average Bonchev–Trinajstić information content (AvgIpc) is 2.51. The summed E-state index contributed by atoms with van der Waals surface area (Å²) in [5, 5.41) is 2.88. The zero-order valence-corrected chi connectivity index (χ0v) is 14.2. The van der Waals surface area contributed by atoms with Crippen molar-refractivity contribution in [3.63, 3.8) is 0 Å². The Labute approximate surface area is 133 Å². The summed E-state index contributed by atoms with van der Waals surface area (Å²) in [6.45, 7) is 8.94. The topological polar surface area (TPSA) is 49.4 Å². The predicted molar refractivity (Wildman–Crippen MR) is 89.4 cm³/mol. The Balaban J connectivity index is 2.90. The molecule has 0 bridgehead atoms. The van der Waals surface area contributed by atoms with Crippen molar-refractivity contribution in [2.75, 3.05) is 6.54 Å². The van der Waals surface area contributed by atoms with Gasteiger partial charge >= 0.3 is 0 Å². The second-order valence-corrected chi connectivity index (χ2v) is 5.67. The lowest BCUT2D eigenvalue weighted by atomic mass is 10.1. The van der Waals surface area contributed by atoms with E-state index in [4.69, 9.17) is 0 Å². The first-order valence-corrected chi connectivity index (χ1v) is 8.12. The van der Waals surface area contributed by atoms with E-state index in [0.717, 1.165) is 24.0 Å². The average molecular weight is 304 g/mol. The van der Waals surface area contributed by atoms with Crippen LogP contribution in [0.5, 0.6) is 0 Å². The Morgan fingerprint density at radius 2 is 1.86 bits per heavy atom. The smallest absolute Gasteiger partial charge is 0.242 e. The normalized spacial score (nSPS) is 11.8. The van der Waals surface area contributed by atoms with E-state index < -0.39 is 6.04 Å². The van der Waals surface area contributed by atoms with Crippen LogP contribution in [0.2, 0.25) is 0 Å². The Morgan fingerprint density at radius 3 is 2.45 bits per heavy atom. The third kappa shape index (κ3) is 5.17. The first-order chi connectivity index (χ1) is 10.5. The van der Waals surface area contributed by atoms with Crippen molar-refractivity contribution in [2.24, 2.45) is 0 Å². The summed E-state index contributed by atoms with van der Waals surface area (Å²) in [5.41, 5.74) is 2.22. The standard InChI is InChI=1S/C18H28N2O2/c1-5-9-17(21)20(15(4)18(22)19-12-6-2)13-16-11-8-7-10-14(16)3/h7-8,10-11,15H,5-6,9,12-13H2,1-4H3,(H,19,22). The van der Waals surface area contributed by atoms with Crippen LogP contribution in [0, 0.1) is 6.92 Å². The van der Waals surface area contributed by atoms with Gasteiger partial charge in [0.25, 0.3) is 0 Å². The van der Waals surface area contributed by atoms with Crippen molar-refractivity contribution >= 4 is 11.8 Å². The van der Waals surface area contributed by atoms with Gasteiger partial charge in [0.1, 0.15) is 6.04 Å². The lowest BCUT2D eigenvalue weighted by Crippen LogP contribution is -2.47. The minimum Gasteiger partial charge on any atom is -0.354 e. The lowest BCUT2D eigenvalue weighted by Gasteiger charge is -2.29. The highest BCUT2D eigenvalue weighted by Gasteiger charge is 2.25. The zero-order valence-electron chi connectivity index (χ0n) is 14.2. The van der Waals surface area contributed by atoms with Gasteiger partial charge in [-0.1, -0.05) is 38.1 Å². The second-order valence-electron chi connectivity index (χ2n) is 5.67. The van der Waals surface area contributed by atoms with Crippen LogP contribution in [0.15, 0.2) is 24.3 Å². The lowest BCUT2D eigenvalue weighted by molar-refractivity contribution is -0.140. The summed E-state index contributed by atoms with van der Waals surface area (Å²) in [6, 6.07) is 7.53. The molecule has 4 nitrogen and oxygen atoms in total. The first-order valence-electron chi connectivity index (χ1n) is 8.12. The number of amides is 2. The van der Waals surface area contributed by atoms with E-state index in [1.165, 1.54) is 0 Å². The number of nitrogens with one attached hydrogen (secondary N) is 1. The molecule has 4 heteroatoms. The maximum Gasteiger partial charge on any atom is 0.242 e. The monoisotopic (exact) mass is 304 g/mol. The molecule has 1 rings (SSSR count). The molecule has 1 aromatic rings. The van der Waals surface area contributed by atoms with E-state index in [0.29, 0.717) is 19.5 Å². The van der Waals surface area contributed by atoms with Crippen molar-refractivity contribution in [1.82, 2.24) is 10.2 Å². The number of rotatable bonds is 8. The molecule has 22 heavy (non-hydrogen) atoms. The number of carbonyl (C=O) groups is 2. The maximum absolute atomic E-state index is 12.4. The van der Waals surface area contributed by atoms with Gasteiger partial charge in [0.05, 0.1) is 0 Å². The van der Waals surface area contributed by atoms with E-state index >= 15 is 0 Å². The molecule has 0 aromatic heterocycles. The Hall–Kier alpha value is -1.84. The zero-order chi connectivity index (χ0) is 16.5. The molecule has 0 fully saturated rings. The fourth-order valence-electron chi connectivity index (χ4n) is 2.31. The van der Waals surface area contributed by atoms with Crippen LogP contribution in [0.25, 0.3) is 0 Å². The van der Waals surface area contributed by atoms with Crippen LogP contribution in [0.3, 0.4) is 0 Å². The van der Waals surface area contributed by atoms with Crippen molar-refractivity contribution in [3.05, 3.63) is 35.4 Å². The van der Waals surface area contributed by atoms with Gasteiger partial charge in [-0.15, -0.1) is 0 Å². The van der Waals surface area contributed by atoms with E-state index in [-0.39, 0.29) is 11.8 Å². The van der Waals surface area contributed by atoms with Gasteiger partial charge in [0.2, 0.25) is 11.8 Å². The Kier molecular flexibility index (Phi) is 7.64. The molecule has 1 atom stereocenters. The number of nitrogens with zero attached hydrogens (tertiary/aromatic N) is 1. The van der Waals surface area contributed by atoms with E-state index in [1.54, 1.807) is 11.8 Å². The van der Waals surface area contributed by atoms with Crippen LogP contribution >= 0.6 is 0 Å². The van der Waals surface area contributed by atoms with Gasteiger partial charge in [-0.2, -0.15) is 0 Å². The van der Waals surface area contributed by atoms with Crippen LogP contribution in [-0.4, -0.2) is 29.3 Å². The van der Waals surface area contributed by atoms with Gasteiger partial charge < -0.3 is 10.2 Å². The molecule has 1 aromatic carbocycles. The number of hydrogen-bond acceptors (Lipinski definition) is 2. The summed E-state index contributed by atoms with van der Waals surface area (Å²) >= 11 is 0. The fraction of sp³-hybridized carbons (Fsp3) is 0.556. The van der Waals surface area contributed by atoms with Crippen molar-refractivity contribution < 1.29 is 9.59 Å². The Bertz CT molecular complexity index is 500. The molecule has 1 unspecified atom stereocenters. The third-order valence-electron chi connectivity index (χ3n) is 3.78. The van der Waals surface area contributed by atoms with Crippen molar-refractivity contribution in [2.45, 2.75) is 59.5 Å². The van der Waals surface area contributed by atoms with Gasteiger partial charge in [-0.05, 0) is 37.8 Å². The van der Waals surface area contributed by atoms with Crippen LogP contribution < -0.4 is 5.32 Å². The van der Waals surface area contributed by atoms with Crippen molar-refractivity contribution in [3.8, 4) is 0 Å². The number of benzene rings is 1. The fourth-order valence-corrected chi connectivity index (χ4v) is 2.31. The molecule has 2 amide bonds. The molecule has 0 aliphatic rings. The second kappa shape index (κ2) is 9.23. The summed E-state index contributed by atoms with van der Waals surface area (Å²) in [5.74, 6) is -0.0511. The minimum atomic E-state index is -0.454.